The van der Waals surface area contributed by atoms with E-state index < -0.39 is 5.97 Å². The molecule has 2 aliphatic carbocycles. The minimum Gasteiger partial charge on any atom is -0.478 e. The van der Waals surface area contributed by atoms with Crippen molar-refractivity contribution < 1.29 is 9.90 Å². The van der Waals surface area contributed by atoms with E-state index in [4.69, 9.17) is 0 Å². The Hall–Kier alpha value is -2.35. The minimum absolute atomic E-state index is 0.0126. The van der Waals surface area contributed by atoms with E-state index in [1.165, 1.54) is 6.42 Å². The molecule has 0 heterocycles. The van der Waals surface area contributed by atoms with Gasteiger partial charge in [0.1, 0.15) is 0 Å². The zero-order valence-corrected chi connectivity index (χ0v) is 13.9. The normalized spacial score (nSPS) is 28.7. The van der Waals surface area contributed by atoms with Crippen molar-refractivity contribution in [3.63, 3.8) is 0 Å². The molecule has 2 nitrogen and oxygen atoms in total. The number of allylic oxidation sites excluding steroid dienone is 4. The molecule has 0 amide bonds. The van der Waals surface area contributed by atoms with Crippen molar-refractivity contribution in [2.24, 2.45) is 11.3 Å². The summed E-state index contributed by atoms with van der Waals surface area (Å²) in [6.07, 6.45) is 12.2. The van der Waals surface area contributed by atoms with Crippen LogP contribution >= 0.6 is 0 Å². The zero-order chi connectivity index (χ0) is 16.7. The lowest BCUT2D eigenvalue weighted by molar-refractivity contribution is 0.0692. The van der Waals surface area contributed by atoms with Crippen LogP contribution in [0.5, 0.6) is 0 Å². The Kier molecular flexibility index (Phi) is 3.56. The highest BCUT2D eigenvalue weighted by Crippen LogP contribution is 2.54. The lowest BCUT2D eigenvalue weighted by Crippen LogP contribution is -2.36. The predicted molar refractivity (Wildman–Crippen MR) is 97.4 cm³/mol. The zero-order valence-electron chi connectivity index (χ0n) is 13.9. The van der Waals surface area contributed by atoms with Crippen molar-refractivity contribution in [2.45, 2.75) is 32.1 Å². The van der Waals surface area contributed by atoms with Gasteiger partial charge in [-0.3, -0.25) is 0 Å². The van der Waals surface area contributed by atoms with Gasteiger partial charge in [0.15, 0.2) is 0 Å². The van der Waals surface area contributed by atoms with Crippen LogP contribution in [0.2, 0.25) is 0 Å². The van der Waals surface area contributed by atoms with E-state index in [2.05, 4.69) is 43.4 Å². The van der Waals surface area contributed by atoms with Crippen LogP contribution in [0.25, 0.3) is 10.8 Å². The number of aromatic carboxylic acids is 1. The monoisotopic (exact) mass is 318 g/mol. The Labute approximate surface area is 142 Å². The van der Waals surface area contributed by atoms with E-state index in [-0.39, 0.29) is 11.3 Å². The molecule has 24 heavy (non-hydrogen) atoms. The number of carboxylic acid groups (broad SMARTS) is 1. The van der Waals surface area contributed by atoms with E-state index >= 15 is 0 Å². The van der Waals surface area contributed by atoms with Gasteiger partial charge in [0.2, 0.25) is 0 Å². The predicted octanol–water partition coefficient (Wildman–Crippen LogP) is 5.55. The second-order valence-corrected chi connectivity index (χ2v) is 7.25. The Morgan fingerprint density at radius 2 is 1.96 bits per heavy atom. The molecule has 3 unspecified atom stereocenters. The molecule has 0 spiro atoms. The molecule has 2 aromatic carbocycles. The van der Waals surface area contributed by atoms with Gasteiger partial charge in [-0.2, -0.15) is 0 Å². The summed E-state index contributed by atoms with van der Waals surface area (Å²) in [5, 5.41) is 12.0. The Bertz CT molecular complexity index is 861. The van der Waals surface area contributed by atoms with Gasteiger partial charge >= 0.3 is 5.97 Å². The van der Waals surface area contributed by atoms with Gasteiger partial charge in [0.25, 0.3) is 0 Å². The lowest BCUT2D eigenvalue weighted by atomic mass is 9.57. The van der Waals surface area contributed by atoms with Crippen LogP contribution < -0.4 is 0 Å². The van der Waals surface area contributed by atoms with Crippen molar-refractivity contribution in [3.8, 4) is 0 Å². The van der Waals surface area contributed by atoms with E-state index in [0.717, 1.165) is 29.2 Å². The Morgan fingerprint density at radius 3 is 2.79 bits per heavy atom. The molecule has 2 aromatic rings. The van der Waals surface area contributed by atoms with Gasteiger partial charge in [0.05, 0.1) is 5.56 Å². The van der Waals surface area contributed by atoms with Gasteiger partial charge in [-0.1, -0.05) is 68.0 Å². The first-order valence-electron chi connectivity index (χ1n) is 8.72. The van der Waals surface area contributed by atoms with E-state index in [0.29, 0.717) is 11.5 Å². The molecule has 0 radical (unpaired) electrons. The van der Waals surface area contributed by atoms with Gasteiger partial charge in [-0.25, -0.2) is 4.79 Å². The first-order chi connectivity index (χ1) is 11.6. The molecule has 1 saturated carbocycles. The summed E-state index contributed by atoms with van der Waals surface area (Å²) in [4.78, 5) is 11.9. The molecule has 2 heteroatoms. The van der Waals surface area contributed by atoms with Crippen LogP contribution in [-0.2, 0) is 0 Å². The quantitative estimate of drug-likeness (QED) is 0.787. The molecule has 1 fully saturated rings. The molecular weight excluding hydrogens is 296 g/mol. The third-order valence-electron chi connectivity index (χ3n) is 6.02. The molecule has 0 aromatic heterocycles. The first kappa shape index (κ1) is 15.2. The molecule has 3 atom stereocenters. The number of hydrogen-bond acceptors (Lipinski definition) is 1. The van der Waals surface area contributed by atoms with Gasteiger partial charge in [-0.15, -0.1) is 0 Å². The second-order valence-electron chi connectivity index (χ2n) is 7.25. The number of rotatable bonds is 2. The topological polar surface area (TPSA) is 37.3 Å². The van der Waals surface area contributed by atoms with Crippen molar-refractivity contribution in [2.75, 3.05) is 0 Å². The van der Waals surface area contributed by atoms with Crippen molar-refractivity contribution >= 4 is 16.7 Å². The molecule has 1 N–H and O–H groups in total. The number of fused-ring (bicyclic) bond motifs is 2. The summed E-state index contributed by atoms with van der Waals surface area (Å²) in [6.45, 7) is 2.30. The Morgan fingerprint density at radius 1 is 1.12 bits per heavy atom. The maximum atomic E-state index is 11.9. The number of carbonyl (C=O) groups is 1. The fourth-order valence-electron chi connectivity index (χ4n) is 4.74. The van der Waals surface area contributed by atoms with Crippen LogP contribution in [0.3, 0.4) is 0 Å². The van der Waals surface area contributed by atoms with Crippen LogP contribution in [0, 0.1) is 11.3 Å². The SMILES string of the molecule is CC12C=CC=CC1CCCC2c1c(C(=O)O)ccc2ccccc12. The summed E-state index contributed by atoms with van der Waals surface area (Å²) in [7, 11) is 0. The average Bonchev–Trinajstić information content (AvgIpc) is 2.59. The largest absolute Gasteiger partial charge is 0.478 e. The van der Waals surface area contributed by atoms with Gasteiger partial charge < -0.3 is 5.11 Å². The highest BCUT2D eigenvalue weighted by molar-refractivity contribution is 5.98. The third kappa shape index (κ3) is 2.21. The summed E-state index contributed by atoms with van der Waals surface area (Å²) >= 11 is 0. The number of carboxylic acids is 1. The Balaban J connectivity index is 1.97. The molecule has 0 saturated heterocycles. The van der Waals surface area contributed by atoms with E-state index in [1.807, 2.05) is 18.2 Å². The molecular formula is C22H22O2. The van der Waals surface area contributed by atoms with Gasteiger partial charge in [0, 0.05) is 0 Å². The summed E-state index contributed by atoms with van der Waals surface area (Å²) in [5.74, 6) is -0.103. The molecule has 0 bridgehead atoms. The maximum absolute atomic E-state index is 11.9. The van der Waals surface area contributed by atoms with Crippen LogP contribution in [0.15, 0.2) is 60.7 Å². The first-order valence-corrected chi connectivity index (χ1v) is 8.72. The van der Waals surface area contributed by atoms with Crippen molar-refractivity contribution in [1.82, 2.24) is 0 Å². The number of benzene rings is 2. The van der Waals surface area contributed by atoms with Crippen molar-refractivity contribution in [1.29, 1.82) is 0 Å². The summed E-state index contributed by atoms with van der Waals surface area (Å²) in [5.41, 5.74) is 1.47. The standard InChI is InChI=1S/C22H22O2/c1-22-14-5-4-8-16(22)9-6-11-19(22)20-17-10-3-2-7-15(17)12-13-18(20)21(23)24/h2-5,7-8,10,12-14,16,19H,6,9,11H2,1H3,(H,23,24). The highest BCUT2D eigenvalue weighted by atomic mass is 16.4. The number of hydrogen-bond donors (Lipinski definition) is 1. The average molecular weight is 318 g/mol. The van der Waals surface area contributed by atoms with E-state index in [9.17, 15) is 9.90 Å². The fraction of sp³-hybridized carbons (Fsp3) is 0.318. The second kappa shape index (κ2) is 5.62. The van der Waals surface area contributed by atoms with Crippen LogP contribution in [0.1, 0.15) is 48.0 Å². The minimum atomic E-state index is -0.822. The van der Waals surface area contributed by atoms with Crippen LogP contribution in [0.4, 0.5) is 0 Å². The van der Waals surface area contributed by atoms with Crippen LogP contribution in [-0.4, -0.2) is 11.1 Å². The lowest BCUT2D eigenvalue weighted by Gasteiger charge is -2.47. The van der Waals surface area contributed by atoms with Gasteiger partial charge in [-0.05, 0) is 52.5 Å². The smallest absolute Gasteiger partial charge is 0.335 e. The molecule has 0 aliphatic heterocycles. The molecule has 2 aliphatic rings. The summed E-state index contributed by atoms with van der Waals surface area (Å²) in [6, 6.07) is 11.9. The molecule has 122 valence electrons. The summed E-state index contributed by atoms with van der Waals surface area (Å²) < 4.78 is 0. The fourth-order valence-corrected chi connectivity index (χ4v) is 4.74. The van der Waals surface area contributed by atoms with E-state index in [1.54, 1.807) is 6.07 Å². The third-order valence-corrected chi connectivity index (χ3v) is 6.02. The maximum Gasteiger partial charge on any atom is 0.335 e. The highest BCUT2D eigenvalue weighted by Gasteiger charge is 2.44. The molecule has 4 rings (SSSR count). The van der Waals surface area contributed by atoms with Crippen molar-refractivity contribution in [3.05, 3.63) is 71.8 Å².